The Morgan fingerprint density at radius 3 is 3.00 bits per heavy atom. The molecule has 5 atom stereocenters. The lowest BCUT2D eigenvalue weighted by atomic mass is 9.95. The van der Waals surface area contributed by atoms with Crippen LogP contribution in [0.2, 0.25) is 0 Å². The fourth-order valence-corrected chi connectivity index (χ4v) is 8.48. The molecule has 44 heavy (non-hydrogen) atoms. The summed E-state index contributed by atoms with van der Waals surface area (Å²) in [5.41, 5.74) is 2.12. The van der Waals surface area contributed by atoms with Crippen molar-refractivity contribution in [1.29, 1.82) is 0 Å². The van der Waals surface area contributed by atoms with Crippen molar-refractivity contribution in [2.75, 3.05) is 37.7 Å². The number of hydrogen-bond acceptors (Lipinski definition) is 9. The summed E-state index contributed by atoms with van der Waals surface area (Å²) in [6, 6.07) is 12.0. The molecule has 0 spiro atoms. The van der Waals surface area contributed by atoms with Crippen LogP contribution in [0.5, 0.6) is 17.5 Å². The van der Waals surface area contributed by atoms with E-state index in [1.165, 1.54) is 0 Å². The van der Waals surface area contributed by atoms with Gasteiger partial charge in [-0.15, -0.1) is 6.42 Å². The molecular weight excluding hydrogens is 559 g/mol. The first-order valence-corrected chi connectivity index (χ1v) is 15.6. The molecular formula is C34H33FN6O3. The summed E-state index contributed by atoms with van der Waals surface area (Å²) in [7, 11) is 0. The van der Waals surface area contributed by atoms with Gasteiger partial charge in [-0.2, -0.15) is 9.97 Å². The van der Waals surface area contributed by atoms with Gasteiger partial charge in [-0.1, -0.05) is 18.1 Å². The number of ether oxygens (including phenoxy) is 2. The zero-order valence-corrected chi connectivity index (χ0v) is 24.3. The second-order valence-electron chi connectivity index (χ2n) is 13.0. The van der Waals surface area contributed by atoms with Crippen LogP contribution in [-0.2, 0) is 0 Å². The molecule has 5 aliphatic heterocycles. The molecule has 2 N–H and O–H groups in total. The third kappa shape index (κ3) is 3.95. The molecule has 2 bridgehead atoms. The van der Waals surface area contributed by atoms with Crippen LogP contribution >= 0.6 is 0 Å². The number of pyridine rings is 1. The molecule has 7 heterocycles. The van der Waals surface area contributed by atoms with Gasteiger partial charge in [0.25, 0.3) is 0 Å². The second kappa shape index (κ2) is 9.65. The highest BCUT2D eigenvalue weighted by Crippen LogP contribution is 2.44. The Balaban J connectivity index is 1.21. The van der Waals surface area contributed by atoms with Crippen molar-refractivity contribution < 1.29 is 19.0 Å². The van der Waals surface area contributed by atoms with Crippen LogP contribution in [0.4, 0.5) is 10.2 Å². The van der Waals surface area contributed by atoms with Gasteiger partial charge in [0.2, 0.25) is 0 Å². The van der Waals surface area contributed by atoms with Gasteiger partial charge in [0.05, 0.1) is 17.3 Å². The summed E-state index contributed by atoms with van der Waals surface area (Å²) >= 11 is 0. The highest BCUT2D eigenvalue weighted by molar-refractivity contribution is 6.03. The largest absolute Gasteiger partial charge is 0.508 e. The quantitative estimate of drug-likeness (QED) is 0.338. The summed E-state index contributed by atoms with van der Waals surface area (Å²) in [5, 5.41) is 16.8. The van der Waals surface area contributed by atoms with Crippen molar-refractivity contribution in [3.05, 3.63) is 42.0 Å². The minimum atomic E-state index is -0.841. The molecule has 4 aromatic rings. The minimum Gasteiger partial charge on any atom is -0.508 e. The maximum absolute atomic E-state index is 14.5. The molecule has 10 heteroatoms. The third-order valence-corrected chi connectivity index (χ3v) is 10.5. The molecule has 2 aromatic carbocycles. The highest BCUT2D eigenvalue weighted by Gasteiger charge is 2.49. The highest BCUT2D eigenvalue weighted by atomic mass is 19.1. The third-order valence-electron chi connectivity index (χ3n) is 10.5. The lowest BCUT2D eigenvalue weighted by Crippen LogP contribution is -2.60. The number of nitrogens with one attached hydrogen (secondary N) is 1. The van der Waals surface area contributed by atoms with Crippen LogP contribution < -0.4 is 19.7 Å². The molecule has 4 saturated heterocycles. The number of benzene rings is 2. The smallest absolute Gasteiger partial charge is 0.320 e. The Bertz CT molecular complexity index is 1880. The lowest BCUT2D eigenvalue weighted by Gasteiger charge is -2.40. The number of rotatable bonds is 4. The number of terminal acetylenes is 1. The Morgan fingerprint density at radius 2 is 2.09 bits per heavy atom. The van der Waals surface area contributed by atoms with Crippen molar-refractivity contribution in [2.24, 2.45) is 0 Å². The number of piperazine rings is 1. The van der Waals surface area contributed by atoms with Crippen LogP contribution in [0.1, 0.15) is 37.7 Å². The summed E-state index contributed by atoms with van der Waals surface area (Å²) in [4.78, 5) is 19.5. The zero-order valence-electron chi connectivity index (χ0n) is 24.3. The van der Waals surface area contributed by atoms with Gasteiger partial charge >= 0.3 is 6.01 Å². The fraction of sp³-hybridized carbons (Fsp3) is 0.441. The number of fused-ring (bicyclic) bond motifs is 7. The lowest BCUT2D eigenvalue weighted by molar-refractivity contribution is 0.107. The molecule has 0 radical (unpaired) electrons. The van der Waals surface area contributed by atoms with E-state index in [1.807, 2.05) is 24.3 Å². The molecule has 0 unspecified atom stereocenters. The summed E-state index contributed by atoms with van der Waals surface area (Å²) in [5.74, 6) is 4.31. The topological polar surface area (TPSA) is 95.9 Å². The van der Waals surface area contributed by atoms with Gasteiger partial charge in [0.15, 0.2) is 5.65 Å². The van der Waals surface area contributed by atoms with E-state index < -0.39 is 6.17 Å². The predicted octanol–water partition coefficient (Wildman–Crippen LogP) is 4.19. The number of alkyl halides is 1. The van der Waals surface area contributed by atoms with Crippen molar-refractivity contribution in [3.63, 3.8) is 0 Å². The van der Waals surface area contributed by atoms with E-state index >= 15 is 0 Å². The molecule has 224 valence electrons. The number of phenols is 1. The van der Waals surface area contributed by atoms with E-state index in [0.717, 1.165) is 60.7 Å². The van der Waals surface area contributed by atoms with E-state index in [2.05, 4.69) is 21.0 Å². The van der Waals surface area contributed by atoms with Crippen LogP contribution in [-0.4, -0.2) is 87.6 Å². The zero-order chi connectivity index (χ0) is 29.6. The fourth-order valence-electron chi connectivity index (χ4n) is 8.48. The standard InChI is InChI=1S/C34H33FN6O3/c1-2-19-5-3-6-20-11-23(42)12-24(29(19)20)26-13-28-30-31(37-26)38-33(44-18-34-9-4-10-40(34)15-21(35)14-34)39-32(30)41-16-22-7-8-25(36-22)27(41)17-43-28/h1,3,5-6,11-13,21-22,25,27,36,42H,4,7-10,14-18H2/t21-,22+,25-,27-,34+/m1/s1. The van der Waals surface area contributed by atoms with Crippen LogP contribution in [0.3, 0.4) is 0 Å². The number of phenolic OH excluding ortho intramolecular Hbond substituents is 1. The van der Waals surface area contributed by atoms with E-state index in [9.17, 15) is 9.50 Å². The summed E-state index contributed by atoms with van der Waals surface area (Å²) in [6.07, 6.45) is 9.68. The molecule has 9 nitrogen and oxygen atoms in total. The summed E-state index contributed by atoms with van der Waals surface area (Å²) in [6.45, 7) is 2.98. The van der Waals surface area contributed by atoms with E-state index in [-0.39, 0.29) is 23.3 Å². The van der Waals surface area contributed by atoms with Crippen LogP contribution in [0.25, 0.3) is 33.1 Å². The molecule has 5 aliphatic rings. The van der Waals surface area contributed by atoms with Gasteiger partial charge in [-0.3, -0.25) is 4.90 Å². The molecule has 0 saturated carbocycles. The van der Waals surface area contributed by atoms with E-state index in [0.29, 0.717) is 66.5 Å². The molecule has 9 rings (SSSR count). The van der Waals surface area contributed by atoms with Gasteiger partial charge in [0.1, 0.15) is 42.1 Å². The van der Waals surface area contributed by atoms with Crippen LogP contribution in [0.15, 0.2) is 36.4 Å². The SMILES string of the molecule is C#Cc1cccc2cc(O)cc(-c3cc4c5c(nc(OC[C@@]67CCCN6C[C@H](F)C7)nc5n3)N3C[C@@H]5CC[C@@H](N5)[C@H]3CO4)c12. The van der Waals surface area contributed by atoms with E-state index in [4.69, 9.17) is 30.8 Å². The van der Waals surface area contributed by atoms with Crippen LogP contribution in [0, 0.1) is 12.3 Å². The Hall–Kier alpha value is -4.20. The molecule has 0 aliphatic carbocycles. The maximum Gasteiger partial charge on any atom is 0.320 e. The number of aromatic hydroxyl groups is 1. The Labute approximate surface area is 254 Å². The van der Waals surface area contributed by atoms with Crippen molar-refractivity contribution >= 4 is 27.6 Å². The predicted molar refractivity (Wildman–Crippen MR) is 165 cm³/mol. The number of hydrogen-bond donors (Lipinski definition) is 2. The first-order chi connectivity index (χ1) is 21.5. The number of halogens is 1. The molecule has 0 amide bonds. The number of anilines is 1. The number of nitrogens with zero attached hydrogens (tertiary/aromatic N) is 5. The first-order valence-electron chi connectivity index (χ1n) is 15.6. The van der Waals surface area contributed by atoms with E-state index in [1.54, 1.807) is 12.1 Å². The minimum absolute atomic E-state index is 0.0937. The Morgan fingerprint density at radius 1 is 1.16 bits per heavy atom. The van der Waals surface area contributed by atoms with Gasteiger partial charge in [0, 0.05) is 54.2 Å². The van der Waals surface area contributed by atoms with Crippen molar-refractivity contribution in [1.82, 2.24) is 25.2 Å². The Kier molecular flexibility index (Phi) is 5.75. The number of aromatic nitrogens is 3. The monoisotopic (exact) mass is 592 g/mol. The van der Waals surface area contributed by atoms with Crippen molar-refractivity contribution in [3.8, 4) is 41.1 Å². The summed E-state index contributed by atoms with van der Waals surface area (Å²) < 4.78 is 27.5. The average Bonchev–Trinajstić information content (AvgIpc) is 3.66. The average molecular weight is 593 g/mol. The maximum atomic E-state index is 14.5. The van der Waals surface area contributed by atoms with Gasteiger partial charge in [-0.25, -0.2) is 9.37 Å². The second-order valence-corrected chi connectivity index (χ2v) is 13.0. The van der Waals surface area contributed by atoms with Gasteiger partial charge in [-0.05, 0) is 55.8 Å². The molecule has 4 fully saturated rings. The molecule has 2 aromatic heterocycles. The normalized spacial score (nSPS) is 28.9. The van der Waals surface area contributed by atoms with Crippen molar-refractivity contribution in [2.45, 2.75) is 61.9 Å². The van der Waals surface area contributed by atoms with Gasteiger partial charge < -0.3 is 24.8 Å². The first kappa shape index (κ1) is 26.2.